The molecule has 7 nitrogen and oxygen atoms in total. The Hall–Kier alpha value is -1.63. The Bertz CT molecular complexity index is 505. The lowest BCUT2D eigenvalue weighted by Crippen LogP contribution is -2.44. The number of carbonyl (C=O) groups excluding carboxylic acids is 1. The predicted octanol–water partition coefficient (Wildman–Crippen LogP) is 4.40. The summed E-state index contributed by atoms with van der Waals surface area (Å²) < 4.78 is 5.69. The van der Waals surface area contributed by atoms with Crippen LogP contribution in [0.5, 0.6) is 0 Å². The molecule has 0 radical (unpaired) electrons. The standard InChI is InChI=1S/C22H40O7/c1-5-9-12-16(11-7-3)17(8-4)18(13-10-6-2)29-20(25)15-22(28,21(26)27)14-19(23)24/h16-18,28H,5-15H2,1-4H3,(H,23,24)(H,26,27). The van der Waals surface area contributed by atoms with Crippen molar-refractivity contribution in [3.05, 3.63) is 0 Å². The maximum absolute atomic E-state index is 12.5. The lowest BCUT2D eigenvalue weighted by atomic mass is 9.78. The lowest BCUT2D eigenvalue weighted by molar-refractivity contribution is -0.175. The van der Waals surface area contributed by atoms with Crippen LogP contribution < -0.4 is 0 Å². The molecular formula is C22H40O7. The Morgan fingerprint density at radius 1 is 0.862 bits per heavy atom. The largest absolute Gasteiger partial charge is 0.481 e. The first kappa shape index (κ1) is 27.4. The van der Waals surface area contributed by atoms with Gasteiger partial charge in [-0.3, -0.25) is 9.59 Å². The molecule has 0 aromatic rings. The van der Waals surface area contributed by atoms with E-state index in [9.17, 15) is 24.6 Å². The summed E-state index contributed by atoms with van der Waals surface area (Å²) in [5.41, 5.74) is -2.66. The molecule has 0 saturated carbocycles. The Balaban J connectivity index is 5.42. The number of aliphatic carboxylic acids is 2. The summed E-state index contributed by atoms with van der Waals surface area (Å²) in [6.45, 7) is 8.41. The summed E-state index contributed by atoms with van der Waals surface area (Å²) in [6.07, 6.45) is 6.38. The molecule has 0 heterocycles. The van der Waals surface area contributed by atoms with E-state index in [1.54, 1.807) is 0 Å². The van der Waals surface area contributed by atoms with Gasteiger partial charge in [-0.05, 0) is 24.7 Å². The van der Waals surface area contributed by atoms with E-state index in [4.69, 9.17) is 9.84 Å². The van der Waals surface area contributed by atoms with Gasteiger partial charge in [0.1, 0.15) is 6.10 Å². The van der Waals surface area contributed by atoms with Gasteiger partial charge in [-0.15, -0.1) is 0 Å². The first-order valence-electron chi connectivity index (χ1n) is 11.0. The topological polar surface area (TPSA) is 121 Å². The van der Waals surface area contributed by atoms with Gasteiger partial charge in [0, 0.05) is 0 Å². The van der Waals surface area contributed by atoms with Crippen LogP contribution in [0.3, 0.4) is 0 Å². The number of aliphatic hydroxyl groups is 1. The minimum absolute atomic E-state index is 0.161. The zero-order chi connectivity index (χ0) is 22.4. The molecule has 3 N–H and O–H groups in total. The van der Waals surface area contributed by atoms with Gasteiger partial charge in [-0.25, -0.2) is 4.79 Å². The van der Waals surface area contributed by atoms with E-state index in [0.717, 1.165) is 51.4 Å². The smallest absolute Gasteiger partial charge is 0.336 e. The number of esters is 1. The molecule has 0 fully saturated rings. The van der Waals surface area contributed by atoms with Gasteiger partial charge in [0.15, 0.2) is 5.60 Å². The van der Waals surface area contributed by atoms with Crippen molar-refractivity contribution in [1.82, 2.24) is 0 Å². The second-order valence-electron chi connectivity index (χ2n) is 8.02. The molecule has 0 spiro atoms. The van der Waals surface area contributed by atoms with Crippen LogP contribution in [0.15, 0.2) is 0 Å². The fourth-order valence-corrected chi connectivity index (χ4v) is 3.99. The van der Waals surface area contributed by atoms with Gasteiger partial charge >= 0.3 is 17.9 Å². The van der Waals surface area contributed by atoms with Crippen LogP contribution in [0.4, 0.5) is 0 Å². The zero-order valence-corrected chi connectivity index (χ0v) is 18.5. The van der Waals surface area contributed by atoms with Crippen LogP contribution in [0.25, 0.3) is 0 Å². The third-order valence-corrected chi connectivity index (χ3v) is 5.55. The molecule has 0 aliphatic carbocycles. The first-order chi connectivity index (χ1) is 13.6. The predicted molar refractivity (Wildman–Crippen MR) is 111 cm³/mol. The van der Waals surface area contributed by atoms with E-state index < -0.39 is 36.4 Å². The van der Waals surface area contributed by atoms with Crippen molar-refractivity contribution in [2.75, 3.05) is 0 Å². The highest BCUT2D eigenvalue weighted by Crippen LogP contribution is 2.33. The van der Waals surface area contributed by atoms with Gasteiger partial charge in [0.05, 0.1) is 12.8 Å². The molecule has 0 aromatic heterocycles. The number of ether oxygens (including phenoxy) is 1. The number of carbonyl (C=O) groups is 3. The van der Waals surface area contributed by atoms with Crippen molar-refractivity contribution < 1.29 is 34.4 Å². The summed E-state index contributed by atoms with van der Waals surface area (Å²) in [5.74, 6) is -3.51. The Labute approximate surface area is 174 Å². The Morgan fingerprint density at radius 2 is 1.45 bits per heavy atom. The molecule has 7 heteroatoms. The van der Waals surface area contributed by atoms with Gasteiger partial charge in [0.2, 0.25) is 0 Å². The fraction of sp³-hybridized carbons (Fsp3) is 0.864. The van der Waals surface area contributed by atoms with Crippen molar-refractivity contribution in [2.24, 2.45) is 11.8 Å². The molecule has 170 valence electrons. The van der Waals surface area contributed by atoms with Gasteiger partial charge in [-0.2, -0.15) is 0 Å². The van der Waals surface area contributed by atoms with E-state index >= 15 is 0 Å². The zero-order valence-electron chi connectivity index (χ0n) is 18.5. The van der Waals surface area contributed by atoms with Crippen molar-refractivity contribution in [2.45, 2.75) is 110 Å². The number of hydrogen-bond acceptors (Lipinski definition) is 5. The molecule has 29 heavy (non-hydrogen) atoms. The third kappa shape index (κ3) is 10.1. The molecule has 0 bridgehead atoms. The van der Waals surface area contributed by atoms with Crippen LogP contribution in [0, 0.1) is 11.8 Å². The highest BCUT2D eigenvalue weighted by Gasteiger charge is 2.42. The van der Waals surface area contributed by atoms with Crippen LogP contribution in [-0.2, 0) is 19.1 Å². The molecule has 0 aliphatic rings. The minimum Gasteiger partial charge on any atom is -0.481 e. The molecule has 0 aliphatic heterocycles. The third-order valence-electron chi connectivity index (χ3n) is 5.55. The maximum Gasteiger partial charge on any atom is 0.336 e. The van der Waals surface area contributed by atoms with Gasteiger partial charge < -0.3 is 20.1 Å². The summed E-state index contributed by atoms with van der Waals surface area (Å²) in [7, 11) is 0. The van der Waals surface area contributed by atoms with Crippen LogP contribution in [-0.4, -0.2) is 44.9 Å². The van der Waals surface area contributed by atoms with Gasteiger partial charge in [0.25, 0.3) is 0 Å². The number of unbranched alkanes of at least 4 members (excludes halogenated alkanes) is 2. The molecular weight excluding hydrogens is 376 g/mol. The van der Waals surface area contributed by atoms with Crippen molar-refractivity contribution in [3.63, 3.8) is 0 Å². The van der Waals surface area contributed by atoms with E-state index in [-0.39, 0.29) is 12.0 Å². The summed E-state index contributed by atoms with van der Waals surface area (Å²) in [4.78, 5) is 34.7. The Kier molecular flexibility index (Phi) is 13.6. The van der Waals surface area contributed by atoms with Crippen LogP contribution in [0.1, 0.15) is 98.3 Å². The molecule has 0 amide bonds. The second kappa shape index (κ2) is 14.4. The van der Waals surface area contributed by atoms with E-state index in [2.05, 4.69) is 27.7 Å². The van der Waals surface area contributed by atoms with Crippen LogP contribution in [0.2, 0.25) is 0 Å². The van der Waals surface area contributed by atoms with Crippen molar-refractivity contribution in [1.29, 1.82) is 0 Å². The van der Waals surface area contributed by atoms with E-state index in [0.29, 0.717) is 12.3 Å². The quantitative estimate of drug-likeness (QED) is 0.300. The molecule has 0 rings (SSSR count). The van der Waals surface area contributed by atoms with Gasteiger partial charge in [-0.1, -0.05) is 72.6 Å². The number of hydrogen-bond donors (Lipinski definition) is 3. The SMILES string of the molecule is CCCCC(CCC)C(CC)C(CCCC)OC(=O)CC(O)(CC(=O)O)C(=O)O. The Morgan fingerprint density at radius 3 is 1.90 bits per heavy atom. The summed E-state index contributed by atoms with van der Waals surface area (Å²) in [5, 5.41) is 28.2. The molecule has 0 aromatic carbocycles. The lowest BCUT2D eigenvalue weighted by Gasteiger charge is -2.34. The van der Waals surface area contributed by atoms with Crippen molar-refractivity contribution in [3.8, 4) is 0 Å². The van der Waals surface area contributed by atoms with Crippen LogP contribution >= 0.6 is 0 Å². The highest BCUT2D eigenvalue weighted by atomic mass is 16.5. The maximum atomic E-state index is 12.5. The van der Waals surface area contributed by atoms with E-state index in [1.807, 2.05) is 0 Å². The normalized spacial score (nSPS) is 16.4. The fourth-order valence-electron chi connectivity index (χ4n) is 3.99. The molecule has 4 atom stereocenters. The number of carboxylic acid groups (broad SMARTS) is 2. The van der Waals surface area contributed by atoms with Crippen molar-refractivity contribution >= 4 is 17.9 Å². The molecule has 0 saturated heterocycles. The monoisotopic (exact) mass is 416 g/mol. The second-order valence-corrected chi connectivity index (χ2v) is 8.02. The average Bonchev–Trinajstić information content (AvgIpc) is 2.63. The van der Waals surface area contributed by atoms with E-state index in [1.165, 1.54) is 0 Å². The number of rotatable bonds is 17. The highest BCUT2D eigenvalue weighted by molar-refractivity contribution is 5.88. The average molecular weight is 417 g/mol. The number of carboxylic acids is 2. The summed E-state index contributed by atoms with van der Waals surface area (Å²) >= 11 is 0. The molecule has 4 unspecified atom stereocenters. The minimum atomic E-state index is -2.66. The summed E-state index contributed by atoms with van der Waals surface area (Å²) in [6, 6.07) is 0. The first-order valence-corrected chi connectivity index (χ1v) is 11.0.